The van der Waals surface area contributed by atoms with Crippen LogP contribution in [0.4, 0.5) is 4.39 Å². The molecular formula is C24H24FN3O2. The number of pyridine rings is 1. The van der Waals surface area contributed by atoms with E-state index in [-0.39, 0.29) is 18.0 Å². The molecule has 154 valence electrons. The van der Waals surface area contributed by atoms with Gasteiger partial charge in [-0.2, -0.15) is 9.83 Å². The van der Waals surface area contributed by atoms with Gasteiger partial charge in [0.25, 0.3) is 0 Å². The number of hydrogen-bond donors (Lipinski definition) is 0. The summed E-state index contributed by atoms with van der Waals surface area (Å²) in [5.74, 6) is -0.280. The lowest BCUT2D eigenvalue weighted by Crippen LogP contribution is -2.33. The van der Waals surface area contributed by atoms with Crippen LogP contribution in [0.3, 0.4) is 0 Å². The van der Waals surface area contributed by atoms with Crippen LogP contribution in [0.1, 0.15) is 50.9 Å². The van der Waals surface area contributed by atoms with Gasteiger partial charge >= 0.3 is 0 Å². The van der Waals surface area contributed by atoms with Gasteiger partial charge in [0.1, 0.15) is 5.82 Å². The third-order valence-electron chi connectivity index (χ3n) is 5.89. The number of aromatic nitrogens is 3. The average Bonchev–Trinajstić information content (AvgIpc) is 3.15. The summed E-state index contributed by atoms with van der Waals surface area (Å²) in [4.78, 5) is 0. The minimum absolute atomic E-state index is 0.0148. The highest BCUT2D eigenvalue weighted by atomic mass is 19.1. The Morgan fingerprint density at radius 1 is 1.17 bits per heavy atom. The maximum Gasteiger partial charge on any atom is 0.203 e. The van der Waals surface area contributed by atoms with E-state index in [1.807, 2.05) is 30.8 Å². The van der Waals surface area contributed by atoms with Crippen LogP contribution in [0.15, 0.2) is 48.8 Å². The molecule has 1 aliphatic heterocycles. The maximum atomic E-state index is 13.6. The number of benzene rings is 2. The second-order valence-electron chi connectivity index (χ2n) is 8.29. The third-order valence-corrected chi connectivity index (χ3v) is 5.89. The lowest BCUT2D eigenvalue weighted by molar-refractivity contribution is -0.613. The molecule has 6 heteroatoms. The molecule has 4 aromatic rings. The van der Waals surface area contributed by atoms with Crippen LogP contribution in [0.5, 0.6) is 0 Å². The molecule has 1 saturated heterocycles. The molecule has 0 spiro atoms. The van der Waals surface area contributed by atoms with E-state index in [0.29, 0.717) is 5.69 Å². The third kappa shape index (κ3) is 3.12. The van der Waals surface area contributed by atoms with Crippen LogP contribution in [0.25, 0.3) is 32.8 Å². The molecule has 5 nitrogen and oxygen atoms in total. The minimum atomic E-state index is -0.295. The molecule has 0 amide bonds. The van der Waals surface area contributed by atoms with Crippen molar-refractivity contribution in [3.63, 3.8) is 0 Å². The average molecular weight is 405 g/mol. The molecule has 0 radical (unpaired) electrons. The fourth-order valence-corrected chi connectivity index (χ4v) is 4.49. The summed E-state index contributed by atoms with van der Waals surface area (Å²) < 4.78 is 22.4. The second-order valence-corrected chi connectivity index (χ2v) is 8.29. The lowest BCUT2D eigenvalue weighted by atomic mass is 9.92. The minimum Gasteiger partial charge on any atom is -0.618 e. The Morgan fingerprint density at radius 3 is 2.67 bits per heavy atom. The van der Waals surface area contributed by atoms with Crippen LogP contribution in [-0.2, 0) is 4.74 Å². The van der Waals surface area contributed by atoms with E-state index < -0.39 is 0 Å². The lowest BCUT2D eigenvalue weighted by Gasteiger charge is -2.23. The van der Waals surface area contributed by atoms with Crippen molar-refractivity contribution in [2.45, 2.75) is 45.3 Å². The molecule has 2 aromatic carbocycles. The zero-order valence-corrected chi connectivity index (χ0v) is 17.1. The maximum absolute atomic E-state index is 13.6. The molecule has 1 atom stereocenters. The molecule has 30 heavy (non-hydrogen) atoms. The van der Waals surface area contributed by atoms with E-state index in [9.17, 15) is 9.60 Å². The Kier molecular flexibility index (Phi) is 4.66. The summed E-state index contributed by atoms with van der Waals surface area (Å²) in [5.41, 5.74) is 3.31. The highest BCUT2D eigenvalue weighted by molar-refractivity contribution is 6.04. The normalized spacial score (nSPS) is 17.3. The highest BCUT2D eigenvalue weighted by Gasteiger charge is 2.24. The predicted molar refractivity (Wildman–Crippen MR) is 115 cm³/mol. The van der Waals surface area contributed by atoms with E-state index in [1.165, 1.54) is 12.1 Å². The highest BCUT2D eigenvalue weighted by Crippen LogP contribution is 2.36. The van der Waals surface area contributed by atoms with Gasteiger partial charge in [0.2, 0.25) is 5.69 Å². The van der Waals surface area contributed by atoms with Gasteiger partial charge in [-0.3, -0.25) is 0 Å². The van der Waals surface area contributed by atoms with Crippen molar-refractivity contribution in [2.24, 2.45) is 0 Å². The fraction of sp³-hybridized carbons (Fsp3) is 0.333. The number of fused-ring (bicyclic) bond motifs is 2. The number of halogens is 1. The number of hydrogen-bond acceptors (Lipinski definition) is 3. The first-order chi connectivity index (χ1) is 14.5. The van der Waals surface area contributed by atoms with Gasteiger partial charge in [-0.1, -0.05) is 26.0 Å². The quantitative estimate of drug-likeness (QED) is 0.336. The second kappa shape index (κ2) is 7.36. The summed E-state index contributed by atoms with van der Waals surface area (Å²) in [7, 11) is 0. The summed E-state index contributed by atoms with van der Waals surface area (Å²) in [5, 5.41) is 20.4. The standard InChI is InChI=1S/C24H24FN3O2/c1-15(2)24-23(16-6-8-19(25)9-7-16)20-11-17-13-26-28(22-5-3-4-10-30-22)21(17)12-18(20)14-27(24)29/h6-9,11-15,22H,3-5,10H2,1-2H3. The number of ether oxygens (including phenoxy) is 1. The van der Waals surface area contributed by atoms with Crippen molar-refractivity contribution < 1.29 is 13.9 Å². The van der Waals surface area contributed by atoms with Crippen molar-refractivity contribution in [3.05, 3.63) is 65.5 Å². The first kappa shape index (κ1) is 19.0. The number of rotatable bonds is 3. The molecule has 3 heterocycles. The summed E-state index contributed by atoms with van der Waals surface area (Å²) >= 11 is 0. The van der Waals surface area contributed by atoms with E-state index in [0.717, 1.165) is 63.4 Å². The molecule has 2 aromatic heterocycles. The topological polar surface area (TPSA) is 54.0 Å². The van der Waals surface area contributed by atoms with E-state index in [2.05, 4.69) is 11.2 Å². The number of nitrogens with zero attached hydrogens (tertiary/aromatic N) is 3. The molecule has 0 aliphatic carbocycles. The molecule has 1 fully saturated rings. The van der Waals surface area contributed by atoms with Gasteiger partial charge in [0, 0.05) is 28.7 Å². The van der Waals surface area contributed by atoms with Gasteiger partial charge < -0.3 is 9.94 Å². The summed E-state index contributed by atoms with van der Waals surface area (Å²) in [6, 6.07) is 10.4. The largest absolute Gasteiger partial charge is 0.618 e. The first-order valence-corrected chi connectivity index (χ1v) is 10.5. The molecular weight excluding hydrogens is 381 g/mol. The Labute approximate surface area is 174 Å². The van der Waals surface area contributed by atoms with Crippen molar-refractivity contribution in [1.82, 2.24) is 9.78 Å². The Bertz CT molecular complexity index is 1230. The van der Waals surface area contributed by atoms with Crippen LogP contribution < -0.4 is 4.73 Å². The van der Waals surface area contributed by atoms with Crippen LogP contribution >= 0.6 is 0 Å². The van der Waals surface area contributed by atoms with Crippen LogP contribution in [0.2, 0.25) is 0 Å². The molecule has 1 aliphatic rings. The van der Waals surface area contributed by atoms with Gasteiger partial charge in [-0.15, -0.1) is 0 Å². The van der Waals surface area contributed by atoms with Crippen molar-refractivity contribution in [2.75, 3.05) is 6.61 Å². The molecule has 0 bridgehead atoms. The van der Waals surface area contributed by atoms with Gasteiger partial charge in [-0.05, 0) is 49.1 Å². The van der Waals surface area contributed by atoms with E-state index in [1.54, 1.807) is 18.3 Å². The zero-order valence-electron chi connectivity index (χ0n) is 17.1. The molecule has 5 rings (SSSR count). The van der Waals surface area contributed by atoms with Crippen molar-refractivity contribution in [1.29, 1.82) is 0 Å². The molecule has 0 N–H and O–H groups in total. The van der Waals surface area contributed by atoms with Crippen LogP contribution in [-0.4, -0.2) is 16.4 Å². The van der Waals surface area contributed by atoms with E-state index in [4.69, 9.17) is 4.74 Å². The summed E-state index contributed by atoms with van der Waals surface area (Å²) in [6.07, 6.45) is 6.55. The fourth-order valence-electron chi connectivity index (χ4n) is 4.49. The smallest absolute Gasteiger partial charge is 0.203 e. The molecule has 1 unspecified atom stereocenters. The van der Waals surface area contributed by atoms with Gasteiger partial charge in [0.15, 0.2) is 12.4 Å². The molecule has 0 saturated carbocycles. The van der Waals surface area contributed by atoms with Crippen molar-refractivity contribution >= 4 is 21.7 Å². The van der Waals surface area contributed by atoms with Crippen molar-refractivity contribution in [3.8, 4) is 11.1 Å². The summed E-state index contributed by atoms with van der Waals surface area (Å²) in [6.45, 7) is 4.74. The predicted octanol–water partition coefficient (Wildman–Crippen LogP) is 5.45. The monoisotopic (exact) mass is 405 g/mol. The SMILES string of the molecule is CC(C)c1c(-c2ccc(F)cc2)c2cc3cnn(C4CCCCO4)c3cc2c[n+]1[O-]. The first-order valence-electron chi connectivity index (χ1n) is 10.5. The van der Waals surface area contributed by atoms with Crippen LogP contribution in [0, 0.1) is 11.0 Å². The van der Waals surface area contributed by atoms with E-state index >= 15 is 0 Å². The van der Waals surface area contributed by atoms with Gasteiger partial charge in [0.05, 0.1) is 17.3 Å². The zero-order chi connectivity index (χ0) is 20.8. The Hall–Kier alpha value is -2.99. The Morgan fingerprint density at radius 2 is 1.97 bits per heavy atom. The van der Waals surface area contributed by atoms with Gasteiger partial charge in [-0.25, -0.2) is 9.07 Å². The Balaban J connectivity index is 1.78.